The van der Waals surface area contributed by atoms with Crippen molar-refractivity contribution >= 4 is 39.1 Å². The largest absolute Gasteiger partial charge is 0.349 e. The number of carbonyl (C=O) groups is 2. The van der Waals surface area contributed by atoms with E-state index >= 15 is 0 Å². The molecule has 1 aliphatic heterocycles. The van der Waals surface area contributed by atoms with Gasteiger partial charge in [-0.2, -0.15) is 4.31 Å². The first-order valence-electron chi connectivity index (χ1n) is 10.3. The molecular weight excluding hydrogens is 438 g/mol. The second-order valence-corrected chi connectivity index (χ2v) is 10.3. The molecule has 2 N–H and O–H groups in total. The molecule has 1 saturated heterocycles. The first kappa shape index (κ1) is 21.8. The van der Waals surface area contributed by atoms with E-state index in [1.54, 1.807) is 48.5 Å². The van der Waals surface area contributed by atoms with E-state index in [-0.39, 0.29) is 46.8 Å². The highest BCUT2D eigenvalue weighted by Crippen LogP contribution is 2.27. The summed E-state index contributed by atoms with van der Waals surface area (Å²) in [7, 11) is -3.55. The summed E-state index contributed by atoms with van der Waals surface area (Å²) in [4.78, 5) is 25.1. The van der Waals surface area contributed by atoms with Gasteiger partial charge in [-0.1, -0.05) is 29.8 Å². The molecule has 1 saturated carbocycles. The highest BCUT2D eigenvalue weighted by molar-refractivity contribution is 7.89. The van der Waals surface area contributed by atoms with E-state index in [1.165, 1.54) is 4.31 Å². The summed E-state index contributed by atoms with van der Waals surface area (Å²) in [5.74, 6) is -0.681. The molecule has 7 nitrogen and oxygen atoms in total. The minimum absolute atomic E-state index is 0.178. The Morgan fingerprint density at radius 1 is 0.968 bits per heavy atom. The summed E-state index contributed by atoms with van der Waals surface area (Å²) < 4.78 is 26.9. The lowest BCUT2D eigenvalue weighted by atomic mass is 9.97. The minimum atomic E-state index is -3.55. The summed E-state index contributed by atoms with van der Waals surface area (Å²) in [6.45, 7) is 0.576. The predicted octanol–water partition coefficient (Wildman–Crippen LogP) is 3.27. The van der Waals surface area contributed by atoms with Crippen LogP contribution in [0.2, 0.25) is 5.02 Å². The maximum absolute atomic E-state index is 12.7. The van der Waals surface area contributed by atoms with Crippen molar-refractivity contribution in [3.05, 3.63) is 59.1 Å². The molecule has 164 valence electrons. The van der Waals surface area contributed by atoms with E-state index in [4.69, 9.17) is 11.6 Å². The van der Waals surface area contributed by atoms with Crippen molar-refractivity contribution in [2.24, 2.45) is 5.92 Å². The van der Waals surface area contributed by atoms with Gasteiger partial charge in [0, 0.05) is 30.7 Å². The van der Waals surface area contributed by atoms with E-state index in [9.17, 15) is 18.0 Å². The topological polar surface area (TPSA) is 95.6 Å². The van der Waals surface area contributed by atoms with Crippen LogP contribution in [0.15, 0.2) is 53.4 Å². The standard InChI is InChI=1S/C22H24ClN3O4S/c23-20-14-17(8-9-19(20)22(28)24-16-6-7-16)25-21(27)15-10-12-26(13-11-15)31(29,30)18-4-2-1-3-5-18/h1-5,8-9,14-16H,6-7,10-13H2,(H,24,28)(H,25,27). The number of anilines is 1. The van der Waals surface area contributed by atoms with Gasteiger partial charge in [0.15, 0.2) is 0 Å². The SMILES string of the molecule is O=C(NC1CC1)c1ccc(NC(=O)C2CCN(S(=O)(=O)c3ccccc3)CC2)cc1Cl. The number of carbonyl (C=O) groups excluding carboxylic acids is 2. The van der Waals surface area contributed by atoms with Crippen molar-refractivity contribution < 1.29 is 18.0 Å². The predicted molar refractivity (Wildman–Crippen MR) is 118 cm³/mol. The van der Waals surface area contributed by atoms with Crippen LogP contribution in [0.5, 0.6) is 0 Å². The molecule has 2 aromatic rings. The van der Waals surface area contributed by atoms with Gasteiger partial charge in [0.05, 0.1) is 15.5 Å². The van der Waals surface area contributed by atoms with Gasteiger partial charge in [0.25, 0.3) is 5.91 Å². The van der Waals surface area contributed by atoms with Gasteiger partial charge < -0.3 is 10.6 Å². The second kappa shape index (κ2) is 8.98. The molecule has 4 rings (SSSR count). The Morgan fingerprint density at radius 3 is 2.26 bits per heavy atom. The van der Waals surface area contributed by atoms with Crippen molar-refractivity contribution in [3.63, 3.8) is 0 Å². The van der Waals surface area contributed by atoms with Gasteiger partial charge in [-0.05, 0) is 56.0 Å². The number of nitrogens with one attached hydrogen (secondary N) is 2. The van der Waals surface area contributed by atoms with Crippen LogP contribution in [0, 0.1) is 5.92 Å². The number of benzene rings is 2. The first-order valence-corrected chi connectivity index (χ1v) is 12.1. The fourth-order valence-corrected chi connectivity index (χ4v) is 5.37. The van der Waals surface area contributed by atoms with Crippen LogP contribution < -0.4 is 10.6 Å². The molecule has 2 aliphatic rings. The van der Waals surface area contributed by atoms with Crippen LogP contribution >= 0.6 is 11.6 Å². The molecule has 31 heavy (non-hydrogen) atoms. The van der Waals surface area contributed by atoms with E-state index < -0.39 is 10.0 Å². The van der Waals surface area contributed by atoms with Crippen LogP contribution in [0.3, 0.4) is 0 Å². The zero-order valence-electron chi connectivity index (χ0n) is 16.9. The molecule has 2 aromatic carbocycles. The van der Waals surface area contributed by atoms with Gasteiger partial charge >= 0.3 is 0 Å². The third kappa shape index (κ3) is 5.08. The van der Waals surface area contributed by atoms with Crippen molar-refractivity contribution in [1.82, 2.24) is 9.62 Å². The second-order valence-electron chi connectivity index (χ2n) is 7.92. The molecule has 2 fully saturated rings. The average molecular weight is 462 g/mol. The molecule has 0 radical (unpaired) electrons. The zero-order chi connectivity index (χ0) is 22.0. The maximum atomic E-state index is 12.7. The molecule has 2 amide bonds. The van der Waals surface area contributed by atoms with Gasteiger partial charge in [-0.3, -0.25) is 9.59 Å². The van der Waals surface area contributed by atoms with Crippen LogP contribution in [-0.2, 0) is 14.8 Å². The molecular formula is C22H24ClN3O4S. The molecule has 0 atom stereocenters. The van der Waals surface area contributed by atoms with Gasteiger partial charge in [-0.15, -0.1) is 0 Å². The highest BCUT2D eigenvalue weighted by Gasteiger charge is 2.32. The minimum Gasteiger partial charge on any atom is -0.349 e. The number of amides is 2. The molecule has 0 unspecified atom stereocenters. The van der Waals surface area contributed by atoms with Crippen molar-refractivity contribution in [3.8, 4) is 0 Å². The Morgan fingerprint density at radius 2 is 1.65 bits per heavy atom. The summed E-state index contributed by atoms with van der Waals surface area (Å²) >= 11 is 6.24. The lowest BCUT2D eigenvalue weighted by molar-refractivity contribution is -0.120. The Labute approximate surface area is 186 Å². The lowest BCUT2D eigenvalue weighted by Gasteiger charge is -2.30. The van der Waals surface area contributed by atoms with Gasteiger partial charge in [-0.25, -0.2) is 8.42 Å². The first-order chi connectivity index (χ1) is 14.8. The number of nitrogens with zero attached hydrogens (tertiary/aromatic N) is 1. The smallest absolute Gasteiger partial charge is 0.253 e. The fraction of sp³-hybridized carbons (Fsp3) is 0.364. The highest BCUT2D eigenvalue weighted by atomic mass is 35.5. The Hall–Kier alpha value is -2.42. The maximum Gasteiger partial charge on any atom is 0.253 e. The molecule has 1 heterocycles. The van der Waals surface area contributed by atoms with E-state index in [0.717, 1.165) is 12.8 Å². The summed E-state index contributed by atoms with van der Waals surface area (Å²) in [6, 6.07) is 13.4. The van der Waals surface area contributed by atoms with Crippen LogP contribution in [0.4, 0.5) is 5.69 Å². The molecule has 0 aromatic heterocycles. The Balaban J connectivity index is 1.34. The number of piperidine rings is 1. The van der Waals surface area contributed by atoms with Crippen molar-refractivity contribution in [2.45, 2.75) is 36.6 Å². The van der Waals surface area contributed by atoms with Crippen molar-refractivity contribution in [1.29, 1.82) is 0 Å². The number of sulfonamides is 1. The zero-order valence-corrected chi connectivity index (χ0v) is 18.5. The van der Waals surface area contributed by atoms with Crippen LogP contribution in [0.25, 0.3) is 0 Å². The summed E-state index contributed by atoms with van der Waals surface area (Å²) in [6.07, 6.45) is 2.85. The fourth-order valence-electron chi connectivity index (χ4n) is 3.61. The van der Waals surface area contributed by atoms with Crippen LogP contribution in [0.1, 0.15) is 36.0 Å². The van der Waals surface area contributed by atoms with E-state index in [0.29, 0.717) is 24.1 Å². The van der Waals surface area contributed by atoms with Crippen LogP contribution in [-0.4, -0.2) is 43.7 Å². The van der Waals surface area contributed by atoms with Crippen molar-refractivity contribution in [2.75, 3.05) is 18.4 Å². The average Bonchev–Trinajstić information content (AvgIpc) is 3.58. The number of hydrogen-bond donors (Lipinski definition) is 2. The Kier molecular flexibility index (Phi) is 6.31. The summed E-state index contributed by atoms with van der Waals surface area (Å²) in [5.41, 5.74) is 0.892. The van der Waals surface area contributed by atoms with E-state index in [1.807, 2.05) is 0 Å². The third-order valence-corrected chi connectivity index (χ3v) is 7.83. The number of halogens is 1. The Bertz CT molecular complexity index is 1080. The number of rotatable bonds is 6. The number of hydrogen-bond acceptors (Lipinski definition) is 4. The van der Waals surface area contributed by atoms with E-state index in [2.05, 4.69) is 10.6 Å². The van der Waals surface area contributed by atoms with Gasteiger partial charge in [0.2, 0.25) is 15.9 Å². The summed E-state index contributed by atoms with van der Waals surface area (Å²) in [5, 5.41) is 6.00. The normalized spacial score (nSPS) is 17.8. The molecule has 9 heteroatoms. The third-order valence-electron chi connectivity index (χ3n) is 5.60. The quantitative estimate of drug-likeness (QED) is 0.690. The molecule has 0 bridgehead atoms. The molecule has 0 spiro atoms. The lowest BCUT2D eigenvalue weighted by Crippen LogP contribution is -2.41. The monoisotopic (exact) mass is 461 g/mol. The molecule has 1 aliphatic carbocycles. The van der Waals surface area contributed by atoms with Gasteiger partial charge in [0.1, 0.15) is 0 Å².